The van der Waals surface area contributed by atoms with Gasteiger partial charge < -0.3 is 9.80 Å². The fourth-order valence-corrected chi connectivity index (χ4v) is 1.66. The molecule has 1 heterocycles. The van der Waals surface area contributed by atoms with Crippen LogP contribution in [0.25, 0.3) is 0 Å². The molecule has 268 valence electrons. The highest BCUT2D eigenvalue weighted by molar-refractivity contribution is 7.46. The average molecular weight is 782 g/mol. The molecule has 0 aromatic heterocycles. The average Bonchev–Trinajstić information content (AvgIpc) is 2.89. The zero-order valence-electron chi connectivity index (χ0n) is 21.9. The van der Waals surface area contributed by atoms with Crippen molar-refractivity contribution in [3.05, 3.63) is 12.4 Å². The minimum Gasteiger partial charge on any atom is -0.359 e. The Kier molecular flexibility index (Phi) is 33.3. The molecule has 0 bridgehead atoms. The molecule has 12 N–H and O–H groups in total. The lowest BCUT2D eigenvalue weighted by Gasteiger charge is -2.26. The molecule has 0 saturated carbocycles. The van der Waals surface area contributed by atoms with Crippen LogP contribution in [0.5, 0.6) is 0 Å². The topological polar surface area (TPSA) is 352 Å². The maximum absolute atomic E-state index is 10.4. The predicted molar refractivity (Wildman–Crippen MR) is 136 cm³/mol. The molecule has 0 aromatic rings. The first kappa shape index (κ1) is 55.2. The standard InChI is InChI=1S/C11H22N2.6FH2O3P/c1-4-5-6-7-8-13-10-9-12(3)11(13)2;6*1-5(2,3)4/h9-11H,4-8H2,1-3H3;6*(H2,2,3,4). The molecule has 0 aliphatic carbocycles. The van der Waals surface area contributed by atoms with Gasteiger partial charge in [0.1, 0.15) is 0 Å². The summed E-state index contributed by atoms with van der Waals surface area (Å²) in [6.45, 7) is 5.72. The van der Waals surface area contributed by atoms with Crippen LogP contribution in [0.15, 0.2) is 12.4 Å². The van der Waals surface area contributed by atoms with E-state index in [-0.39, 0.29) is 0 Å². The molecule has 0 radical (unpaired) electrons. The molecule has 1 aliphatic heterocycles. The fraction of sp³-hybridized carbons (Fsp3) is 0.818. The first-order valence-electron chi connectivity index (χ1n) is 9.92. The normalized spacial score (nSPS) is 14.8. The van der Waals surface area contributed by atoms with E-state index in [0.29, 0.717) is 6.17 Å². The van der Waals surface area contributed by atoms with Crippen LogP contribution >= 0.6 is 47.4 Å². The van der Waals surface area contributed by atoms with Gasteiger partial charge >= 0.3 is 47.4 Å². The van der Waals surface area contributed by atoms with Crippen molar-refractivity contribution in [2.75, 3.05) is 13.6 Å². The maximum Gasteiger partial charge on any atom is 0.507 e. The maximum atomic E-state index is 10.4. The quantitative estimate of drug-likeness (QED) is 0.108. The molecule has 1 rings (SSSR count). The molecule has 32 heteroatoms. The van der Waals surface area contributed by atoms with Crippen molar-refractivity contribution in [3.8, 4) is 0 Å². The van der Waals surface area contributed by atoms with Gasteiger partial charge in [-0.1, -0.05) is 26.2 Å². The Hall–Kier alpha value is -0.180. The number of hydrogen-bond acceptors (Lipinski definition) is 8. The number of hydrogen-bond donors (Lipinski definition) is 12. The van der Waals surface area contributed by atoms with Gasteiger partial charge in [0.25, 0.3) is 0 Å². The molecule has 1 atom stereocenters. The molecular formula is C11H34F6N2O18P6. The van der Waals surface area contributed by atoms with Crippen molar-refractivity contribution in [1.82, 2.24) is 9.80 Å². The van der Waals surface area contributed by atoms with Gasteiger partial charge in [-0.25, -0.2) is 27.4 Å². The molecule has 0 spiro atoms. The Morgan fingerprint density at radius 3 is 0.930 bits per heavy atom. The second kappa shape index (κ2) is 25.9. The SMILES string of the molecule is CCCCCCN1C=CN(C)C1C.O=P(O)(O)F.O=P(O)(O)F.O=P(O)(O)F.O=P(O)(O)F.O=P(O)(O)F.O=P(O)(O)F. The monoisotopic (exact) mass is 782 g/mol. The third kappa shape index (κ3) is 187. The van der Waals surface area contributed by atoms with Crippen LogP contribution in [0.1, 0.15) is 39.5 Å². The van der Waals surface area contributed by atoms with Gasteiger partial charge in [0, 0.05) is 26.0 Å². The van der Waals surface area contributed by atoms with E-state index in [2.05, 4.69) is 43.1 Å². The highest BCUT2D eigenvalue weighted by atomic mass is 31.2. The molecular weight excluding hydrogens is 748 g/mol. The smallest absolute Gasteiger partial charge is 0.359 e. The summed E-state index contributed by atoms with van der Waals surface area (Å²) >= 11 is 0. The Labute approximate surface area is 240 Å². The van der Waals surface area contributed by atoms with Gasteiger partial charge in [0.15, 0.2) is 0 Å². The van der Waals surface area contributed by atoms with Crippen molar-refractivity contribution in [2.24, 2.45) is 0 Å². The number of nitrogens with zero attached hydrogens (tertiary/aromatic N) is 2. The molecule has 0 amide bonds. The van der Waals surface area contributed by atoms with E-state index in [1.807, 2.05) is 0 Å². The minimum atomic E-state index is -5.14. The Balaban J connectivity index is -0.0000000985. The number of halogens is 6. The Morgan fingerprint density at radius 2 is 0.767 bits per heavy atom. The molecule has 43 heavy (non-hydrogen) atoms. The first-order valence-corrected chi connectivity index (χ1v) is 18.9. The fourth-order valence-electron chi connectivity index (χ4n) is 1.66. The van der Waals surface area contributed by atoms with E-state index in [1.54, 1.807) is 0 Å². The third-order valence-electron chi connectivity index (χ3n) is 2.83. The summed E-state index contributed by atoms with van der Waals surface area (Å²) in [6.07, 6.45) is 10.3. The van der Waals surface area contributed by atoms with E-state index in [9.17, 15) is 25.2 Å². The summed E-state index contributed by atoms with van der Waals surface area (Å²) in [4.78, 5) is 88.2. The van der Waals surface area contributed by atoms with Crippen molar-refractivity contribution in [3.63, 3.8) is 0 Å². The van der Waals surface area contributed by atoms with Crippen LogP contribution in [0.2, 0.25) is 0 Å². The summed E-state index contributed by atoms with van der Waals surface area (Å²) in [6, 6.07) is 0. The van der Waals surface area contributed by atoms with Crippen LogP contribution in [-0.2, 0) is 27.4 Å². The summed E-state index contributed by atoms with van der Waals surface area (Å²) in [7, 11) is -28.7. The van der Waals surface area contributed by atoms with Crippen LogP contribution in [0.3, 0.4) is 0 Å². The summed E-state index contributed by atoms with van der Waals surface area (Å²) in [5.74, 6) is 0. The van der Waals surface area contributed by atoms with Gasteiger partial charge in [-0.05, 0) is 13.3 Å². The number of unbranched alkanes of at least 4 members (excludes halogenated alkanes) is 3. The minimum absolute atomic E-state index is 0.557. The van der Waals surface area contributed by atoms with E-state index >= 15 is 0 Å². The molecule has 0 saturated heterocycles. The van der Waals surface area contributed by atoms with Crippen LogP contribution < -0.4 is 0 Å². The van der Waals surface area contributed by atoms with Gasteiger partial charge in [0.05, 0.1) is 6.17 Å². The largest absolute Gasteiger partial charge is 0.507 e. The highest BCUT2D eigenvalue weighted by Gasteiger charge is 2.17. The Morgan fingerprint density at radius 1 is 0.535 bits per heavy atom. The highest BCUT2D eigenvalue weighted by Crippen LogP contribution is 2.37. The van der Waals surface area contributed by atoms with Gasteiger partial charge in [-0.3, -0.25) is 58.7 Å². The van der Waals surface area contributed by atoms with E-state index in [4.69, 9.17) is 86.1 Å². The zero-order chi connectivity index (χ0) is 36.7. The van der Waals surface area contributed by atoms with Crippen molar-refractivity contribution in [1.29, 1.82) is 0 Å². The van der Waals surface area contributed by atoms with E-state index < -0.39 is 47.4 Å². The molecule has 1 aliphatic rings. The lowest BCUT2D eigenvalue weighted by molar-refractivity contribution is 0.192. The molecule has 1 unspecified atom stereocenters. The van der Waals surface area contributed by atoms with Gasteiger partial charge in [-0.15, -0.1) is 25.2 Å². The van der Waals surface area contributed by atoms with Gasteiger partial charge in [-0.2, -0.15) is 0 Å². The second-order valence-electron chi connectivity index (χ2n) is 6.73. The lowest BCUT2D eigenvalue weighted by atomic mass is 10.2. The third-order valence-corrected chi connectivity index (χ3v) is 2.83. The lowest BCUT2D eigenvalue weighted by Crippen LogP contribution is -2.34. The van der Waals surface area contributed by atoms with Gasteiger partial charge in [0.2, 0.25) is 0 Å². The first-order chi connectivity index (χ1) is 18.3. The molecule has 20 nitrogen and oxygen atoms in total. The van der Waals surface area contributed by atoms with E-state index in [0.717, 1.165) is 0 Å². The van der Waals surface area contributed by atoms with Crippen LogP contribution in [-0.4, -0.2) is 88.3 Å². The second-order valence-corrected chi connectivity index (χ2v) is 12.4. The summed E-state index contributed by atoms with van der Waals surface area (Å²) in [5, 5.41) is 0. The van der Waals surface area contributed by atoms with Crippen LogP contribution in [0, 0.1) is 0 Å². The zero-order valence-corrected chi connectivity index (χ0v) is 27.3. The van der Waals surface area contributed by atoms with E-state index in [1.165, 1.54) is 32.2 Å². The van der Waals surface area contributed by atoms with Crippen LogP contribution in [0.4, 0.5) is 25.2 Å². The van der Waals surface area contributed by atoms with Crippen molar-refractivity contribution >= 4 is 47.4 Å². The number of rotatable bonds is 5. The Bertz CT molecular complexity index is 803. The van der Waals surface area contributed by atoms with Crippen molar-refractivity contribution in [2.45, 2.75) is 45.7 Å². The predicted octanol–water partition coefficient (Wildman–Crippen LogP) is 2.92. The summed E-state index contributed by atoms with van der Waals surface area (Å²) in [5.41, 5.74) is 0. The molecule has 0 fully saturated rings. The summed E-state index contributed by atoms with van der Waals surface area (Å²) < 4.78 is 114. The van der Waals surface area contributed by atoms with Crippen molar-refractivity contribution < 1.29 is 111 Å². The molecule has 0 aromatic carbocycles.